The fourth-order valence-corrected chi connectivity index (χ4v) is 4.02. The Morgan fingerprint density at radius 2 is 1.93 bits per heavy atom. The average molecular weight is 418 g/mol. The van der Waals surface area contributed by atoms with Crippen molar-refractivity contribution in [1.82, 2.24) is 19.5 Å². The number of ether oxygens (including phenoxy) is 2. The minimum Gasteiger partial charge on any atom is -0.381 e. The first kappa shape index (κ1) is 19.4. The van der Waals surface area contributed by atoms with Crippen molar-refractivity contribution in [3.8, 4) is 0 Å². The maximum Gasteiger partial charge on any atom is 0.224 e. The van der Waals surface area contributed by atoms with E-state index in [9.17, 15) is 8.78 Å². The second-order valence-electron chi connectivity index (χ2n) is 7.77. The van der Waals surface area contributed by atoms with Gasteiger partial charge in [-0.1, -0.05) is 6.08 Å². The molecule has 30 heavy (non-hydrogen) atoms. The summed E-state index contributed by atoms with van der Waals surface area (Å²) >= 11 is 0. The van der Waals surface area contributed by atoms with Gasteiger partial charge in [0.05, 0.1) is 24.5 Å². The van der Waals surface area contributed by atoms with E-state index in [1.165, 1.54) is 6.08 Å². The van der Waals surface area contributed by atoms with Crippen LogP contribution in [0, 0.1) is 0 Å². The zero-order valence-corrected chi connectivity index (χ0v) is 16.5. The molecular formula is C20H24F2N6O2. The fraction of sp³-hybridized carbons (Fsp3) is 0.550. The van der Waals surface area contributed by atoms with E-state index < -0.39 is 12.0 Å². The maximum absolute atomic E-state index is 14.3. The normalized spacial score (nSPS) is 25.3. The van der Waals surface area contributed by atoms with Crippen LogP contribution in [0.2, 0.25) is 0 Å². The predicted molar refractivity (Wildman–Crippen MR) is 108 cm³/mol. The van der Waals surface area contributed by atoms with Crippen molar-refractivity contribution in [2.24, 2.45) is 0 Å². The molecule has 3 aliphatic rings. The summed E-state index contributed by atoms with van der Waals surface area (Å²) in [5, 5.41) is 6.41. The van der Waals surface area contributed by atoms with E-state index in [-0.39, 0.29) is 24.2 Å². The summed E-state index contributed by atoms with van der Waals surface area (Å²) in [7, 11) is 0. The molecule has 2 fully saturated rings. The van der Waals surface area contributed by atoms with Gasteiger partial charge in [-0.25, -0.2) is 18.7 Å². The monoisotopic (exact) mass is 418 g/mol. The van der Waals surface area contributed by atoms with Gasteiger partial charge >= 0.3 is 0 Å². The number of halogens is 2. The number of allylic oxidation sites excluding steroid dienone is 3. The number of aromatic nitrogens is 4. The molecule has 0 aromatic carbocycles. The molecule has 2 atom stereocenters. The number of nitrogens with one attached hydrogen (secondary N) is 2. The molecule has 2 N–H and O–H groups in total. The average Bonchev–Trinajstić information content (AvgIpc) is 3.38. The molecule has 2 aliphatic heterocycles. The standard InChI is InChI=1S/C20H24F2N6O2/c21-12-1-2-16(15(22)9-12)25-20-26-17-10-23-19(24-13-3-6-29-7-4-13)27-18(17)28(20)14-5-8-30-11-14/h2,9-10,12-14H,1,3-8,11H2,(H,25,26)(H,23,24,27)/t12?,14-/m0/s1. The Hall–Kier alpha value is -2.59. The fourth-order valence-electron chi connectivity index (χ4n) is 4.02. The number of anilines is 2. The van der Waals surface area contributed by atoms with Crippen molar-refractivity contribution >= 4 is 23.1 Å². The quantitative estimate of drug-likeness (QED) is 0.771. The van der Waals surface area contributed by atoms with Crippen LogP contribution in [0.5, 0.6) is 0 Å². The van der Waals surface area contributed by atoms with Crippen molar-refractivity contribution in [3.63, 3.8) is 0 Å². The molecule has 0 spiro atoms. The lowest BCUT2D eigenvalue weighted by Gasteiger charge is -2.23. The predicted octanol–water partition coefficient (Wildman–Crippen LogP) is 3.27. The van der Waals surface area contributed by atoms with Crippen LogP contribution < -0.4 is 10.6 Å². The molecule has 0 saturated carbocycles. The summed E-state index contributed by atoms with van der Waals surface area (Å²) in [4.78, 5) is 13.7. The molecule has 2 saturated heterocycles. The highest BCUT2D eigenvalue weighted by Crippen LogP contribution is 2.31. The van der Waals surface area contributed by atoms with Crippen LogP contribution >= 0.6 is 0 Å². The maximum atomic E-state index is 14.3. The first-order chi connectivity index (χ1) is 14.7. The van der Waals surface area contributed by atoms with Gasteiger partial charge in [0.2, 0.25) is 11.9 Å². The molecule has 8 nitrogen and oxygen atoms in total. The SMILES string of the molecule is FC1=CC(F)CC=C1Nc1nc2cnc(NC3CCOCC3)nc2n1[C@H]1CCOC1. The third kappa shape index (κ3) is 3.89. The Morgan fingerprint density at radius 1 is 1.10 bits per heavy atom. The zero-order valence-electron chi connectivity index (χ0n) is 16.5. The highest BCUT2D eigenvalue weighted by Gasteiger charge is 2.26. The van der Waals surface area contributed by atoms with Gasteiger partial charge in [-0.15, -0.1) is 0 Å². The highest BCUT2D eigenvalue weighted by atomic mass is 19.1. The summed E-state index contributed by atoms with van der Waals surface area (Å²) in [5.74, 6) is 0.359. The van der Waals surface area contributed by atoms with Gasteiger partial charge in [-0.2, -0.15) is 4.98 Å². The second-order valence-corrected chi connectivity index (χ2v) is 7.77. The van der Waals surface area contributed by atoms with E-state index >= 15 is 0 Å². The molecule has 2 aromatic rings. The Kier molecular flexibility index (Phi) is 5.34. The minimum atomic E-state index is -1.30. The van der Waals surface area contributed by atoms with Crippen LogP contribution in [0.3, 0.4) is 0 Å². The lowest BCUT2D eigenvalue weighted by molar-refractivity contribution is 0.0903. The third-order valence-electron chi connectivity index (χ3n) is 5.64. The highest BCUT2D eigenvalue weighted by molar-refractivity contribution is 5.76. The van der Waals surface area contributed by atoms with Gasteiger partial charge in [-0.05, 0) is 25.3 Å². The first-order valence-corrected chi connectivity index (χ1v) is 10.3. The van der Waals surface area contributed by atoms with Crippen LogP contribution in [0.1, 0.15) is 31.7 Å². The Bertz CT molecular complexity index is 979. The number of nitrogens with zero attached hydrogens (tertiary/aromatic N) is 4. The zero-order chi connectivity index (χ0) is 20.5. The van der Waals surface area contributed by atoms with Crippen molar-refractivity contribution < 1.29 is 18.3 Å². The number of hydrogen-bond donors (Lipinski definition) is 2. The number of hydrogen-bond acceptors (Lipinski definition) is 7. The van der Waals surface area contributed by atoms with E-state index in [1.807, 2.05) is 4.57 Å². The van der Waals surface area contributed by atoms with E-state index in [1.54, 1.807) is 6.20 Å². The van der Waals surface area contributed by atoms with Crippen molar-refractivity contribution in [3.05, 3.63) is 29.9 Å². The first-order valence-electron chi connectivity index (χ1n) is 10.3. The molecule has 0 bridgehead atoms. The Morgan fingerprint density at radius 3 is 2.70 bits per heavy atom. The van der Waals surface area contributed by atoms with E-state index in [4.69, 9.17) is 14.5 Å². The molecular weight excluding hydrogens is 394 g/mol. The summed E-state index contributed by atoms with van der Waals surface area (Å²) < 4.78 is 40.6. The van der Waals surface area contributed by atoms with Crippen molar-refractivity contribution in [1.29, 1.82) is 0 Å². The Balaban J connectivity index is 1.48. The second kappa shape index (κ2) is 8.27. The largest absolute Gasteiger partial charge is 0.381 e. The van der Waals surface area contributed by atoms with Gasteiger partial charge in [0.25, 0.3) is 0 Å². The van der Waals surface area contributed by atoms with Crippen LogP contribution in [-0.2, 0) is 9.47 Å². The summed E-state index contributed by atoms with van der Waals surface area (Å²) in [6, 6.07) is 0.286. The van der Waals surface area contributed by atoms with Crippen molar-refractivity contribution in [2.75, 3.05) is 37.1 Å². The van der Waals surface area contributed by atoms with E-state index in [0.29, 0.717) is 36.3 Å². The minimum absolute atomic E-state index is 0.0217. The summed E-state index contributed by atoms with van der Waals surface area (Å²) in [6.45, 7) is 2.61. The van der Waals surface area contributed by atoms with Crippen LogP contribution in [0.15, 0.2) is 29.9 Å². The topological polar surface area (TPSA) is 86.1 Å². The molecule has 1 unspecified atom stereocenters. The molecule has 1 aliphatic carbocycles. The van der Waals surface area contributed by atoms with Crippen LogP contribution in [0.25, 0.3) is 11.2 Å². The van der Waals surface area contributed by atoms with E-state index in [0.717, 1.165) is 38.6 Å². The van der Waals surface area contributed by atoms with Gasteiger partial charge in [0.1, 0.15) is 17.5 Å². The Labute approximate surface area is 172 Å². The molecule has 2 aromatic heterocycles. The lowest BCUT2D eigenvalue weighted by atomic mass is 10.1. The summed E-state index contributed by atoms with van der Waals surface area (Å²) in [6.07, 6.45) is 5.59. The third-order valence-corrected chi connectivity index (χ3v) is 5.64. The molecule has 5 rings (SSSR count). The molecule has 4 heterocycles. The number of fused-ring (bicyclic) bond motifs is 1. The molecule has 10 heteroatoms. The van der Waals surface area contributed by atoms with Crippen LogP contribution in [0.4, 0.5) is 20.7 Å². The van der Waals surface area contributed by atoms with Gasteiger partial charge in [0.15, 0.2) is 5.65 Å². The van der Waals surface area contributed by atoms with Gasteiger partial charge in [0, 0.05) is 32.3 Å². The number of rotatable bonds is 5. The summed E-state index contributed by atoms with van der Waals surface area (Å²) in [5.41, 5.74) is 1.47. The number of alkyl halides is 1. The van der Waals surface area contributed by atoms with Crippen molar-refractivity contribution in [2.45, 2.75) is 43.9 Å². The van der Waals surface area contributed by atoms with Crippen LogP contribution in [-0.4, -0.2) is 58.2 Å². The molecule has 0 radical (unpaired) electrons. The smallest absolute Gasteiger partial charge is 0.224 e. The molecule has 160 valence electrons. The number of imidazole rings is 1. The van der Waals surface area contributed by atoms with Gasteiger partial charge in [-0.3, -0.25) is 4.57 Å². The molecule has 0 amide bonds. The van der Waals surface area contributed by atoms with Gasteiger partial charge < -0.3 is 20.1 Å². The lowest BCUT2D eigenvalue weighted by Crippen LogP contribution is -2.28. The van der Waals surface area contributed by atoms with E-state index in [2.05, 4.69) is 20.6 Å².